The Morgan fingerprint density at radius 3 is 2.67 bits per heavy atom. The Morgan fingerprint density at radius 1 is 1.05 bits per heavy atom. The fourth-order valence-electron chi connectivity index (χ4n) is 2.27. The number of hydrogen-bond acceptors (Lipinski definition) is 4. The molecule has 4 aromatic rings. The van der Waals surface area contributed by atoms with Crippen LogP contribution in [0.15, 0.2) is 57.7 Å². The Bertz CT molecular complexity index is 1000. The summed E-state index contributed by atoms with van der Waals surface area (Å²) in [5.41, 5.74) is 0.175. The van der Waals surface area contributed by atoms with Crippen molar-refractivity contribution in [1.29, 1.82) is 0 Å². The molecule has 2 aromatic heterocycles. The SMILES string of the molecule is O=c1oc2ccccc2c(F)c1-c1nc2ccccc2s1. The Kier molecular flexibility index (Phi) is 2.62. The van der Waals surface area contributed by atoms with Crippen LogP contribution in [0.4, 0.5) is 4.39 Å². The lowest BCUT2D eigenvalue weighted by Gasteiger charge is -2.01. The van der Waals surface area contributed by atoms with E-state index in [2.05, 4.69) is 4.98 Å². The summed E-state index contributed by atoms with van der Waals surface area (Å²) >= 11 is 1.28. The fourth-order valence-corrected chi connectivity index (χ4v) is 3.26. The fraction of sp³-hybridized carbons (Fsp3) is 0. The van der Waals surface area contributed by atoms with E-state index >= 15 is 0 Å². The van der Waals surface area contributed by atoms with Crippen molar-refractivity contribution in [3.05, 3.63) is 64.8 Å². The first kappa shape index (κ1) is 12.2. The van der Waals surface area contributed by atoms with E-state index in [9.17, 15) is 9.18 Å². The van der Waals surface area contributed by atoms with Crippen LogP contribution in [0.5, 0.6) is 0 Å². The van der Waals surface area contributed by atoms with E-state index < -0.39 is 11.4 Å². The minimum absolute atomic E-state index is 0.102. The maximum atomic E-state index is 14.7. The molecule has 2 heterocycles. The van der Waals surface area contributed by atoms with Gasteiger partial charge in [0.25, 0.3) is 0 Å². The minimum Gasteiger partial charge on any atom is -0.422 e. The first-order chi connectivity index (χ1) is 10.2. The van der Waals surface area contributed by atoms with Crippen molar-refractivity contribution in [1.82, 2.24) is 4.98 Å². The Hall–Kier alpha value is -2.53. The van der Waals surface area contributed by atoms with Gasteiger partial charge in [-0.3, -0.25) is 0 Å². The van der Waals surface area contributed by atoms with Gasteiger partial charge in [-0.25, -0.2) is 14.2 Å². The zero-order valence-electron chi connectivity index (χ0n) is 10.7. The number of aromatic nitrogens is 1. The number of para-hydroxylation sites is 2. The molecule has 0 fully saturated rings. The van der Waals surface area contributed by atoms with Crippen molar-refractivity contribution in [2.75, 3.05) is 0 Å². The van der Waals surface area contributed by atoms with Crippen LogP contribution in [-0.2, 0) is 0 Å². The van der Waals surface area contributed by atoms with Gasteiger partial charge >= 0.3 is 5.63 Å². The molecule has 21 heavy (non-hydrogen) atoms. The summed E-state index contributed by atoms with van der Waals surface area (Å²) in [6, 6.07) is 14.0. The number of thiazole rings is 1. The zero-order valence-corrected chi connectivity index (χ0v) is 11.5. The van der Waals surface area contributed by atoms with Gasteiger partial charge in [-0.1, -0.05) is 24.3 Å². The van der Waals surface area contributed by atoms with Gasteiger partial charge in [0, 0.05) is 0 Å². The third-order valence-corrected chi connectivity index (χ3v) is 4.31. The molecule has 0 aliphatic rings. The van der Waals surface area contributed by atoms with Crippen molar-refractivity contribution in [2.24, 2.45) is 0 Å². The molecule has 4 rings (SSSR count). The summed E-state index contributed by atoms with van der Waals surface area (Å²) < 4.78 is 20.7. The van der Waals surface area contributed by atoms with Crippen molar-refractivity contribution in [3.8, 4) is 10.6 Å². The minimum atomic E-state index is -0.703. The summed E-state index contributed by atoms with van der Waals surface area (Å²) in [6.45, 7) is 0. The molecule has 0 spiro atoms. The van der Waals surface area contributed by atoms with Crippen molar-refractivity contribution in [3.63, 3.8) is 0 Å². The second kappa shape index (κ2) is 4.49. The Labute approximate surface area is 122 Å². The Balaban J connectivity index is 2.08. The maximum Gasteiger partial charge on any atom is 0.349 e. The predicted molar refractivity (Wildman–Crippen MR) is 81.1 cm³/mol. The third-order valence-electron chi connectivity index (χ3n) is 3.26. The second-order valence-electron chi connectivity index (χ2n) is 4.56. The molecule has 0 saturated heterocycles. The Morgan fingerprint density at radius 2 is 1.81 bits per heavy atom. The van der Waals surface area contributed by atoms with Gasteiger partial charge in [0.2, 0.25) is 0 Å². The maximum absolute atomic E-state index is 14.7. The summed E-state index contributed by atoms with van der Waals surface area (Å²) in [5.74, 6) is -0.582. The number of halogens is 1. The second-order valence-corrected chi connectivity index (χ2v) is 5.59. The van der Waals surface area contributed by atoms with Gasteiger partial charge < -0.3 is 4.42 Å². The van der Waals surface area contributed by atoms with E-state index in [1.807, 2.05) is 24.3 Å². The van der Waals surface area contributed by atoms with Crippen LogP contribution >= 0.6 is 11.3 Å². The topological polar surface area (TPSA) is 43.1 Å². The average Bonchev–Trinajstić information content (AvgIpc) is 2.90. The zero-order chi connectivity index (χ0) is 14.4. The molecule has 0 aliphatic heterocycles. The van der Waals surface area contributed by atoms with Gasteiger partial charge in [0.15, 0.2) is 5.82 Å². The number of rotatable bonds is 1. The summed E-state index contributed by atoms with van der Waals surface area (Å²) in [5, 5.41) is 0.625. The van der Waals surface area contributed by atoms with Crippen LogP contribution in [0.3, 0.4) is 0 Å². The van der Waals surface area contributed by atoms with E-state index in [1.54, 1.807) is 24.3 Å². The monoisotopic (exact) mass is 297 g/mol. The molecule has 2 aromatic carbocycles. The van der Waals surface area contributed by atoms with Gasteiger partial charge in [-0.15, -0.1) is 11.3 Å². The normalized spacial score (nSPS) is 11.3. The molecule has 0 atom stereocenters. The molecular weight excluding hydrogens is 289 g/mol. The molecule has 0 unspecified atom stereocenters. The summed E-state index contributed by atoms with van der Waals surface area (Å²) in [4.78, 5) is 16.4. The highest BCUT2D eigenvalue weighted by Crippen LogP contribution is 2.31. The smallest absolute Gasteiger partial charge is 0.349 e. The molecule has 0 aliphatic carbocycles. The van der Waals surface area contributed by atoms with Crippen LogP contribution in [-0.4, -0.2) is 4.98 Å². The summed E-state index contributed by atoms with van der Waals surface area (Å²) in [6.07, 6.45) is 0. The molecule has 0 saturated carbocycles. The highest BCUT2D eigenvalue weighted by Gasteiger charge is 2.19. The lowest BCUT2D eigenvalue weighted by molar-refractivity contribution is 0.543. The standard InChI is InChI=1S/C16H8FNO2S/c17-14-9-5-1-3-7-11(9)20-16(19)13(14)15-18-10-6-2-4-8-12(10)21-15/h1-8H. The molecule has 0 bridgehead atoms. The van der Waals surface area contributed by atoms with Crippen molar-refractivity contribution >= 4 is 32.5 Å². The van der Waals surface area contributed by atoms with Crippen LogP contribution < -0.4 is 5.63 Å². The quantitative estimate of drug-likeness (QED) is 0.494. The highest BCUT2D eigenvalue weighted by molar-refractivity contribution is 7.21. The molecule has 3 nitrogen and oxygen atoms in total. The number of fused-ring (bicyclic) bond motifs is 2. The summed E-state index contributed by atoms with van der Waals surface area (Å²) in [7, 11) is 0. The molecule has 5 heteroatoms. The number of nitrogens with zero attached hydrogens (tertiary/aromatic N) is 1. The van der Waals surface area contributed by atoms with E-state index in [4.69, 9.17) is 4.42 Å². The van der Waals surface area contributed by atoms with Crippen LogP contribution in [0, 0.1) is 5.82 Å². The first-order valence-corrected chi connectivity index (χ1v) is 7.13. The van der Waals surface area contributed by atoms with Crippen molar-refractivity contribution in [2.45, 2.75) is 0 Å². The van der Waals surface area contributed by atoms with Crippen LogP contribution in [0.1, 0.15) is 0 Å². The number of benzene rings is 2. The lowest BCUT2D eigenvalue weighted by atomic mass is 10.2. The van der Waals surface area contributed by atoms with Crippen LogP contribution in [0.2, 0.25) is 0 Å². The average molecular weight is 297 g/mol. The van der Waals surface area contributed by atoms with E-state index in [1.165, 1.54) is 11.3 Å². The van der Waals surface area contributed by atoms with E-state index in [-0.39, 0.29) is 16.5 Å². The van der Waals surface area contributed by atoms with Gasteiger partial charge in [-0.2, -0.15) is 0 Å². The molecule has 102 valence electrons. The largest absolute Gasteiger partial charge is 0.422 e. The van der Waals surface area contributed by atoms with Crippen LogP contribution in [0.25, 0.3) is 31.8 Å². The molecular formula is C16H8FNO2S. The molecule has 0 amide bonds. The van der Waals surface area contributed by atoms with E-state index in [0.29, 0.717) is 5.01 Å². The predicted octanol–water partition coefficient (Wildman–Crippen LogP) is 4.21. The van der Waals surface area contributed by atoms with Crippen molar-refractivity contribution < 1.29 is 8.81 Å². The number of hydrogen-bond donors (Lipinski definition) is 0. The highest BCUT2D eigenvalue weighted by atomic mass is 32.1. The van der Waals surface area contributed by atoms with Gasteiger partial charge in [0.05, 0.1) is 15.6 Å². The molecule has 0 N–H and O–H groups in total. The van der Waals surface area contributed by atoms with Gasteiger partial charge in [0.1, 0.15) is 16.2 Å². The van der Waals surface area contributed by atoms with Gasteiger partial charge in [-0.05, 0) is 24.3 Å². The first-order valence-electron chi connectivity index (χ1n) is 6.31. The molecule has 0 radical (unpaired) electrons. The third kappa shape index (κ3) is 1.86. The lowest BCUT2D eigenvalue weighted by Crippen LogP contribution is -2.06. The van der Waals surface area contributed by atoms with E-state index in [0.717, 1.165) is 10.2 Å².